The number of nitrogens with two attached hydrogens (primary N) is 1. The summed E-state index contributed by atoms with van der Waals surface area (Å²) >= 11 is 0. The molecule has 2 saturated heterocycles. The molecule has 2 fully saturated rings. The van der Waals surface area contributed by atoms with Gasteiger partial charge >= 0.3 is 6.09 Å². The summed E-state index contributed by atoms with van der Waals surface area (Å²) in [7, 11) is 0. The molecule has 0 radical (unpaired) electrons. The van der Waals surface area contributed by atoms with Crippen molar-refractivity contribution in [3.05, 3.63) is 90.0 Å². The molecule has 2 N–H and O–H groups in total. The summed E-state index contributed by atoms with van der Waals surface area (Å²) in [4.78, 5) is 29.2. The van der Waals surface area contributed by atoms with Crippen molar-refractivity contribution in [2.45, 2.75) is 18.8 Å². The number of nitrogens with zero attached hydrogens (tertiary/aromatic N) is 2. The molecule has 3 aromatic rings. The van der Waals surface area contributed by atoms with E-state index in [4.69, 9.17) is 19.9 Å². The van der Waals surface area contributed by atoms with Gasteiger partial charge in [0.2, 0.25) is 5.91 Å². The fourth-order valence-corrected chi connectivity index (χ4v) is 4.28. The van der Waals surface area contributed by atoms with Crippen molar-refractivity contribution >= 4 is 23.4 Å². The molecule has 5 rings (SSSR count). The smallest absolute Gasteiger partial charge is 0.411 e. The SMILES string of the molecule is Nc1ccc(N2CC3(COC3)N(C(=O)OCc3ccccc3)CC2=O)cc1OCc1ccccc1. The molecule has 8 heteroatoms. The predicted molar refractivity (Wildman–Crippen MR) is 131 cm³/mol. The maximum atomic E-state index is 13.2. The van der Waals surface area contributed by atoms with E-state index in [0.29, 0.717) is 43.5 Å². The second-order valence-corrected chi connectivity index (χ2v) is 8.82. The molecule has 3 aromatic carbocycles. The summed E-state index contributed by atoms with van der Waals surface area (Å²) in [6, 6.07) is 24.5. The third-order valence-electron chi connectivity index (χ3n) is 6.33. The van der Waals surface area contributed by atoms with Crippen LogP contribution < -0.4 is 15.4 Å². The molecule has 180 valence electrons. The number of hydrogen-bond acceptors (Lipinski definition) is 6. The van der Waals surface area contributed by atoms with E-state index in [0.717, 1.165) is 11.1 Å². The molecule has 0 unspecified atom stereocenters. The normalized spacial score (nSPS) is 16.6. The van der Waals surface area contributed by atoms with Crippen molar-refractivity contribution < 1.29 is 23.8 Å². The van der Waals surface area contributed by atoms with Gasteiger partial charge in [-0.25, -0.2) is 4.79 Å². The van der Waals surface area contributed by atoms with E-state index in [1.807, 2.05) is 60.7 Å². The van der Waals surface area contributed by atoms with E-state index < -0.39 is 11.6 Å². The van der Waals surface area contributed by atoms with Gasteiger partial charge in [-0.3, -0.25) is 9.69 Å². The summed E-state index contributed by atoms with van der Waals surface area (Å²) in [6.45, 7) is 1.38. The summed E-state index contributed by atoms with van der Waals surface area (Å²) in [5, 5.41) is 0. The Morgan fingerprint density at radius 2 is 1.60 bits per heavy atom. The highest BCUT2D eigenvalue weighted by molar-refractivity contribution is 5.98. The fraction of sp³-hybridized carbons (Fsp3) is 0.259. The van der Waals surface area contributed by atoms with Crippen molar-refractivity contribution in [2.75, 3.05) is 36.9 Å². The van der Waals surface area contributed by atoms with Gasteiger partial charge in [-0.1, -0.05) is 60.7 Å². The topological polar surface area (TPSA) is 94.3 Å². The number of hydrogen-bond donors (Lipinski definition) is 1. The van der Waals surface area contributed by atoms with Crippen LogP contribution in [0.5, 0.6) is 5.75 Å². The molecule has 8 nitrogen and oxygen atoms in total. The Kier molecular flexibility index (Phi) is 6.29. The maximum Gasteiger partial charge on any atom is 0.411 e. The van der Waals surface area contributed by atoms with E-state index in [1.54, 1.807) is 23.1 Å². The number of amides is 2. The number of carbonyl (C=O) groups excluding carboxylic acids is 2. The number of nitrogen functional groups attached to an aromatic ring is 1. The van der Waals surface area contributed by atoms with Gasteiger partial charge in [0.05, 0.1) is 25.4 Å². The summed E-state index contributed by atoms with van der Waals surface area (Å²) in [5.74, 6) is 0.292. The van der Waals surface area contributed by atoms with E-state index in [2.05, 4.69) is 0 Å². The molecule has 2 aliphatic rings. The van der Waals surface area contributed by atoms with E-state index in [1.165, 1.54) is 4.90 Å². The Hall–Kier alpha value is -4.04. The molecule has 0 aromatic heterocycles. The van der Waals surface area contributed by atoms with Gasteiger partial charge < -0.3 is 24.8 Å². The first-order valence-corrected chi connectivity index (χ1v) is 11.5. The van der Waals surface area contributed by atoms with Crippen LogP contribution in [0.3, 0.4) is 0 Å². The largest absolute Gasteiger partial charge is 0.487 e. The maximum absolute atomic E-state index is 13.2. The number of piperazine rings is 1. The van der Waals surface area contributed by atoms with Crippen LogP contribution in [0.25, 0.3) is 0 Å². The lowest BCUT2D eigenvalue weighted by atomic mass is 9.91. The molecular formula is C27H27N3O5. The van der Waals surface area contributed by atoms with Crippen LogP contribution >= 0.6 is 0 Å². The molecule has 0 bridgehead atoms. The standard InChI is InChI=1S/C27H27N3O5/c28-23-12-11-22(13-24(23)34-15-20-7-3-1-4-8-20)29-17-27(18-33-19-27)30(14-25(29)31)26(32)35-16-21-9-5-2-6-10-21/h1-13H,14-19,28H2. The highest BCUT2D eigenvalue weighted by atomic mass is 16.6. The first-order valence-electron chi connectivity index (χ1n) is 11.5. The third-order valence-corrected chi connectivity index (χ3v) is 6.33. The minimum absolute atomic E-state index is 0.0957. The van der Waals surface area contributed by atoms with Gasteiger partial charge in [-0.05, 0) is 23.3 Å². The van der Waals surface area contributed by atoms with Crippen LogP contribution in [0.15, 0.2) is 78.9 Å². The van der Waals surface area contributed by atoms with E-state index in [-0.39, 0.29) is 19.1 Å². The van der Waals surface area contributed by atoms with Gasteiger partial charge in [-0.15, -0.1) is 0 Å². The molecule has 2 aliphatic heterocycles. The van der Waals surface area contributed by atoms with Crippen molar-refractivity contribution in [3.8, 4) is 5.75 Å². The lowest BCUT2D eigenvalue weighted by Gasteiger charge is -2.53. The highest BCUT2D eigenvalue weighted by Crippen LogP contribution is 2.35. The Bertz CT molecular complexity index is 1200. The average molecular weight is 474 g/mol. The molecule has 2 heterocycles. The van der Waals surface area contributed by atoms with Crippen molar-refractivity contribution in [3.63, 3.8) is 0 Å². The van der Waals surface area contributed by atoms with E-state index in [9.17, 15) is 9.59 Å². The zero-order valence-electron chi connectivity index (χ0n) is 19.3. The van der Waals surface area contributed by atoms with Crippen LogP contribution in [0.1, 0.15) is 11.1 Å². The van der Waals surface area contributed by atoms with Crippen LogP contribution in [-0.2, 0) is 27.5 Å². The van der Waals surface area contributed by atoms with Crippen molar-refractivity contribution in [1.29, 1.82) is 0 Å². The molecule has 0 aliphatic carbocycles. The Balaban J connectivity index is 1.30. The van der Waals surface area contributed by atoms with Gasteiger partial charge in [0.1, 0.15) is 31.0 Å². The number of benzene rings is 3. The number of carbonyl (C=O) groups is 2. The van der Waals surface area contributed by atoms with Gasteiger partial charge in [-0.2, -0.15) is 0 Å². The lowest BCUT2D eigenvalue weighted by Crippen LogP contribution is -2.74. The van der Waals surface area contributed by atoms with Crippen LogP contribution in [-0.4, -0.2) is 48.7 Å². The van der Waals surface area contributed by atoms with E-state index >= 15 is 0 Å². The van der Waals surface area contributed by atoms with Crippen molar-refractivity contribution in [2.24, 2.45) is 0 Å². The molecule has 35 heavy (non-hydrogen) atoms. The van der Waals surface area contributed by atoms with Gasteiger partial charge in [0.25, 0.3) is 0 Å². The molecule has 2 amide bonds. The Morgan fingerprint density at radius 3 is 2.23 bits per heavy atom. The molecular weight excluding hydrogens is 446 g/mol. The van der Waals surface area contributed by atoms with Crippen LogP contribution in [0, 0.1) is 0 Å². The monoisotopic (exact) mass is 473 g/mol. The first-order chi connectivity index (χ1) is 17.0. The summed E-state index contributed by atoms with van der Waals surface area (Å²) in [6.07, 6.45) is -0.519. The minimum atomic E-state index is -0.631. The van der Waals surface area contributed by atoms with Crippen LogP contribution in [0.2, 0.25) is 0 Å². The van der Waals surface area contributed by atoms with Gasteiger partial charge in [0.15, 0.2) is 0 Å². The summed E-state index contributed by atoms with van der Waals surface area (Å²) in [5.41, 5.74) is 8.55. The second-order valence-electron chi connectivity index (χ2n) is 8.82. The molecule has 0 atom stereocenters. The van der Waals surface area contributed by atoms with Crippen LogP contribution in [0.4, 0.5) is 16.2 Å². The average Bonchev–Trinajstić information content (AvgIpc) is 2.87. The zero-order valence-corrected chi connectivity index (χ0v) is 19.3. The quantitative estimate of drug-likeness (QED) is 0.550. The van der Waals surface area contributed by atoms with Crippen molar-refractivity contribution in [1.82, 2.24) is 4.90 Å². The number of ether oxygens (including phenoxy) is 3. The number of anilines is 2. The van der Waals surface area contributed by atoms with Gasteiger partial charge in [0, 0.05) is 11.8 Å². The Labute approximate surface area is 203 Å². The minimum Gasteiger partial charge on any atom is -0.487 e. The second kappa shape index (κ2) is 9.68. The number of rotatable bonds is 6. The third kappa shape index (κ3) is 4.79. The first kappa shape index (κ1) is 22.7. The molecule has 1 spiro atoms. The lowest BCUT2D eigenvalue weighted by molar-refractivity contribution is -0.150. The molecule has 0 saturated carbocycles. The summed E-state index contributed by atoms with van der Waals surface area (Å²) < 4.78 is 16.9. The highest BCUT2D eigenvalue weighted by Gasteiger charge is 2.53. The fourth-order valence-electron chi connectivity index (χ4n) is 4.28. The predicted octanol–water partition coefficient (Wildman–Crippen LogP) is 3.60. The zero-order chi connectivity index (χ0) is 24.3. The Morgan fingerprint density at radius 1 is 0.943 bits per heavy atom.